The number of anilines is 1. The van der Waals surface area contributed by atoms with Crippen molar-refractivity contribution in [1.29, 1.82) is 0 Å². The first kappa shape index (κ1) is 21.2. The molecule has 6 nitrogen and oxygen atoms in total. The van der Waals surface area contributed by atoms with Gasteiger partial charge in [-0.3, -0.25) is 4.31 Å². The van der Waals surface area contributed by atoms with Crippen LogP contribution in [0.25, 0.3) is 0 Å². The molecule has 2 rings (SSSR count). The fourth-order valence-corrected chi connectivity index (χ4v) is 4.15. The van der Waals surface area contributed by atoms with Gasteiger partial charge in [0, 0.05) is 7.11 Å². The Kier molecular flexibility index (Phi) is 7.65. The van der Waals surface area contributed by atoms with Gasteiger partial charge < -0.3 is 14.6 Å². The molecule has 1 N–H and O–H groups in total. The number of aryl methyl sites for hydroxylation is 1. The average Bonchev–Trinajstić information content (AvgIpc) is 2.67. The summed E-state index contributed by atoms with van der Waals surface area (Å²) < 4.78 is 38.3. The first-order chi connectivity index (χ1) is 12.9. The molecule has 0 fully saturated rings. The summed E-state index contributed by atoms with van der Waals surface area (Å²) in [6.45, 7) is 4.46. The van der Waals surface area contributed by atoms with Crippen molar-refractivity contribution in [2.75, 3.05) is 31.2 Å². The quantitative estimate of drug-likeness (QED) is 0.628. The van der Waals surface area contributed by atoms with Crippen LogP contribution in [-0.2, 0) is 14.8 Å². The van der Waals surface area contributed by atoms with Crippen LogP contribution < -0.4 is 9.04 Å². The van der Waals surface area contributed by atoms with Crippen LogP contribution in [0.15, 0.2) is 53.4 Å². The van der Waals surface area contributed by atoms with Gasteiger partial charge in [0.15, 0.2) is 0 Å². The lowest BCUT2D eigenvalue weighted by Crippen LogP contribution is -2.37. The molecule has 0 spiro atoms. The number of aliphatic hydroxyl groups is 1. The van der Waals surface area contributed by atoms with E-state index in [1.54, 1.807) is 50.4 Å². The van der Waals surface area contributed by atoms with Gasteiger partial charge in [-0.1, -0.05) is 25.1 Å². The molecule has 2 aromatic carbocycles. The van der Waals surface area contributed by atoms with E-state index < -0.39 is 16.1 Å². The van der Waals surface area contributed by atoms with Gasteiger partial charge in [-0.25, -0.2) is 8.42 Å². The lowest BCUT2D eigenvalue weighted by Gasteiger charge is -2.27. The largest absolute Gasteiger partial charge is 0.491 e. The van der Waals surface area contributed by atoms with Gasteiger partial charge in [-0.2, -0.15) is 0 Å². The van der Waals surface area contributed by atoms with E-state index >= 15 is 0 Å². The van der Waals surface area contributed by atoms with Crippen molar-refractivity contribution in [2.45, 2.75) is 31.3 Å². The third-order valence-corrected chi connectivity index (χ3v) is 5.96. The van der Waals surface area contributed by atoms with Crippen molar-refractivity contribution in [3.63, 3.8) is 0 Å². The number of methoxy groups -OCH3 is 1. The topological polar surface area (TPSA) is 76.1 Å². The predicted molar refractivity (Wildman–Crippen MR) is 106 cm³/mol. The molecule has 0 aliphatic heterocycles. The van der Waals surface area contributed by atoms with Crippen molar-refractivity contribution in [3.05, 3.63) is 54.1 Å². The average molecular weight is 394 g/mol. The Morgan fingerprint density at radius 3 is 2.41 bits per heavy atom. The Labute approximate surface area is 161 Å². The number of aliphatic hydroxyl groups excluding tert-OH is 1. The van der Waals surface area contributed by atoms with E-state index in [1.165, 1.54) is 10.4 Å². The summed E-state index contributed by atoms with van der Waals surface area (Å²) in [6.07, 6.45) is -0.290. The number of ether oxygens (including phenoxy) is 2. The van der Waals surface area contributed by atoms with Gasteiger partial charge in [0.1, 0.15) is 12.4 Å². The van der Waals surface area contributed by atoms with Crippen LogP contribution in [0.1, 0.15) is 18.9 Å². The fraction of sp³-hybridized carbons (Fsp3) is 0.400. The molecule has 0 aromatic heterocycles. The van der Waals surface area contributed by atoms with Crippen LogP contribution in [0.2, 0.25) is 0 Å². The Morgan fingerprint density at radius 1 is 1.11 bits per heavy atom. The third-order valence-electron chi connectivity index (χ3n) is 4.17. The molecule has 0 radical (unpaired) electrons. The first-order valence-corrected chi connectivity index (χ1v) is 10.3. The summed E-state index contributed by atoms with van der Waals surface area (Å²) in [7, 11) is -2.24. The summed E-state index contributed by atoms with van der Waals surface area (Å²) in [5.74, 6) is 0.617. The van der Waals surface area contributed by atoms with E-state index in [0.717, 1.165) is 5.56 Å². The number of nitrogens with zero attached hydrogens (tertiary/aromatic N) is 1. The van der Waals surface area contributed by atoms with E-state index in [4.69, 9.17) is 9.47 Å². The Morgan fingerprint density at radius 2 is 1.81 bits per heavy atom. The third kappa shape index (κ3) is 5.45. The van der Waals surface area contributed by atoms with Crippen LogP contribution >= 0.6 is 0 Å². The van der Waals surface area contributed by atoms with E-state index in [0.29, 0.717) is 31.1 Å². The standard InChI is InChI=1S/C20H27NO5S/c1-4-18(22)15-21(17-8-6-5-7-9-17)27(23,24)19-10-11-20(16(2)14-19)26-13-12-25-3/h5-11,14,18,22H,4,12-13,15H2,1-3H3. The van der Waals surface area contributed by atoms with Crippen LogP contribution in [0.3, 0.4) is 0 Å². The van der Waals surface area contributed by atoms with Crippen LogP contribution in [0, 0.1) is 6.92 Å². The number of hydrogen-bond acceptors (Lipinski definition) is 5. The zero-order valence-electron chi connectivity index (χ0n) is 16.0. The minimum atomic E-state index is -3.83. The maximum atomic E-state index is 13.3. The van der Waals surface area contributed by atoms with Crippen molar-refractivity contribution in [1.82, 2.24) is 0 Å². The summed E-state index contributed by atoms with van der Waals surface area (Å²) >= 11 is 0. The summed E-state index contributed by atoms with van der Waals surface area (Å²) in [5.41, 5.74) is 1.24. The molecule has 0 amide bonds. The van der Waals surface area contributed by atoms with Crippen LogP contribution in [0.5, 0.6) is 5.75 Å². The molecular weight excluding hydrogens is 366 g/mol. The summed E-state index contributed by atoms with van der Waals surface area (Å²) in [5, 5.41) is 10.1. The normalized spacial score (nSPS) is 12.6. The molecule has 0 bridgehead atoms. The highest BCUT2D eigenvalue weighted by molar-refractivity contribution is 7.92. The number of para-hydroxylation sites is 1. The number of sulfonamides is 1. The Hall–Kier alpha value is -2.09. The fourth-order valence-electron chi connectivity index (χ4n) is 2.56. The van der Waals surface area contributed by atoms with Crippen molar-refractivity contribution >= 4 is 15.7 Å². The van der Waals surface area contributed by atoms with E-state index in [1.807, 2.05) is 13.0 Å². The summed E-state index contributed by atoms with van der Waals surface area (Å²) in [4.78, 5) is 0.159. The maximum absolute atomic E-state index is 13.3. The van der Waals surface area contributed by atoms with Crippen LogP contribution in [0.4, 0.5) is 5.69 Å². The highest BCUT2D eigenvalue weighted by atomic mass is 32.2. The molecular formula is C20H27NO5S. The lowest BCUT2D eigenvalue weighted by atomic mass is 10.2. The van der Waals surface area contributed by atoms with Gasteiger partial charge in [-0.15, -0.1) is 0 Å². The monoisotopic (exact) mass is 393 g/mol. The second-order valence-corrected chi connectivity index (χ2v) is 8.06. The maximum Gasteiger partial charge on any atom is 0.264 e. The Balaban J connectivity index is 2.36. The molecule has 1 unspecified atom stereocenters. The Bertz CT molecular complexity index is 824. The molecule has 0 aliphatic rings. The molecule has 0 saturated carbocycles. The molecule has 0 heterocycles. The zero-order chi connectivity index (χ0) is 19.9. The lowest BCUT2D eigenvalue weighted by molar-refractivity contribution is 0.146. The van der Waals surface area contributed by atoms with E-state index in [9.17, 15) is 13.5 Å². The zero-order valence-corrected chi connectivity index (χ0v) is 16.8. The van der Waals surface area contributed by atoms with Gasteiger partial charge in [-0.05, 0) is 49.2 Å². The second kappa shape index (κ2) is 9.73. The minimum absolute atomic E-state index is 0.00597. The molecule has 7 heteroatoms. The van der Waals surface area contributed by atoms with Crippen LogP contribution in [-0.4, -0.2) is 46.5 Å². The van der Waals surface area contributed by atoms with Crippen molar-refractivity contribution < 1.29 is 23.0 Å². The number of benzene rings is 2. The molecule has 27 heavy (non-hydrogen) atoms. The van der Waals surface area contributed by atoms with Crippen molar-refractivity contribution in [3.8, 4) is 5.75 Å². The molecule has 148 valence electrons. The van der Waals surface area contributed by atoms with Gasteiger partial charge in [0.2, 0.25) is 0 Å². The number of rotatable bonds is 10. The molecule has 1 atom stereocenters. The predicted octanol–water partition coefficient (Wildman–Crippen LogP) is 2.99. The molecule has 2 aromatic rings. The van der Waals surface area contributed by atoms with Gasteiger partial charge >= 0.3 is 0 Å². The van der Waals surface area contributed by atoms with E-state index in [-0.39, 0.29) is 11.4 Å². The molecule has 0 saturated heterocycles. The van der Waals surface area contributed by atoms with Gasteiger partial charge in [0.25, 0.3) is 10.0 Å². The second-order valence-electron chi connectivity index (χ2n) is 6.20. The van der Waals surface area contributed by atoms with Crippen molar-refractivity contribution in [2.24, 2.45) is 0 Å². The van der Waals surface area contributed by atoms with E-state index in [2.05, 4.69) is 0 Å². The summed E-state index contributed by atoms with van der Waals surface area (Å²) in [6, 6.07) is 13.6. The number of hydrogen-bond donors (Lipinski definition) is 1. The highest BCUT2D eigenvalue weighted by Gasteiger charge is 2.27. The first-order valence-electron chi connectivity index (χ1n) is 8.88. The van der Waals surface area contributed by atoms with Gasteiger partial charge in [0.05, 0.1) is 29.8 Å². The minimum Gasteiger partial charge on any atom is -0.491 e. The SMILES string of the molecule is CCC(O)CN(c1ccccc1)S(=O)(=O)c1ccc(OCCOC)c(C)c1. The smallest absolute Gasteiger partial charge is 0.264 e. The highest BCUT2D eigenvalue weighted by Crippen LogP contribution is 2.27. The molecule has 0 aliphatic carbocycles.